The van der Waals surface area contributed by atoms with Gasteiger partial charge in [0, 0.05) is 18.6 Å². The lowest BCUT2D eigenvalue weighted by Gasteiger charge is -2.37. The topological polar surface area (TPSA) is 28.4 Å². The zero-order valence-corrected chi connectivity index (χ0v) is 12.1. The summed E-state index contributed by atoms with van der Waals surface area (Å²) in [5.74, 6) is 1.08. The van der Waals surface area contributed by atoms with Crippen LogP contribution in [0.3, 0.4) is 0 Å². The predicted molar refractivity (Wildman–Crippen MR) is 74.4 cm³/mol. The molecule has 1 unspecified atom stereocenters. The molecular formula is C15H26N2O. The fourth-order valence-electron chi connectivity index (χ4n) is 2.41. The Kier molecular flexibility index (Phi) is 4.13. The van der Waals surface area contributed by atoms with Gasteiger partial charge >= 0.3 is 0 Å². The monoisotopic (exact) mass is 250 g/mol. The van der Waals surface area contributed by atoms with Crippen molar-refractivity contribution in [1.82, 2.24) is 10.2 Å². The van der Waals surface area contributed by atoms with Crippen LogP contribution in [0, 0.1) is 5.41 Å². The van der Waals surface area contributed by atoms with Gasteiger partial charge in [-0.2, -0.15) is 0 Å². The summed E-state index contributed by atoms with van der Waals surface area (Å²) in [5, 5.41) is 3.38. The van der Waals surface area contributed by atoms with Crippen molar-refractivity contribution in [1.29, 1.82) is 0 Å². The van der Waals surface area contributed by atoms with Crippen LogP contribution in [0.25, 0.3) is 0 Å². The molecule has 1 aromatic heterocycles. The molecule has 102 valence electrons. The van der Waals surface area contributed by atoms with Gasteiger partial charge < -0.3 is 9.73 Å². The maximum atomic E-state index is 5.49. The molecule has 2 rings (SSSR count). The lowest BCUT2D eigenvalue weighted by molar-refractivity contribution is 0.126. The van der Waals surface area contributed by atoms with Crippen molar-refractivity contribution in [3.63, 3.8) is 0 Å². The van der Waals surface area contributed by atoms with Gasteiger partial charge in [-0.25, -0.2) is 0 Å². The van der Waals surface area contributed by atoms with Gasteiger partial charge in [0.25, 0.3) is 0 Å². The molecule has 1 aliphatic carbocycles. The molecule has 1 fully saturated rings. The average Bonchev–Trinajstić information content (AvgIpc) is 3.06. The molecule has 1 heterocycles. The zero-order chi connectivity index (χ0) is 13.2. The lowest BCUT2D eigenvalue weighted by atomic mass is 9.84. The molecule has 1 saturated carbocycles. The van der Waals surface area contributed by atoms with E-state index in [2.05, 4.69) is 37.1 Å². The van der Waals surface area contributed by atoms with Crippen LogP contribution >= 0.6 is 0 Å². The normalized spacial score (nSPS) is 18.3. The molecule has 1 aliphatic rings. The lowest BCUT2D eigenvalue weighted by Crippen LogP contribution is -2.46. The molecule has 0 aromatic carbocycles. The van der Waals surface area contributed by atoms with Crippen molar-refractivity contribution >= 4 is 0 Å². The third-order valence-electron chi connectivity index (χ3n) is 4.22. The second-order valence-electron chi connectivity index (χ2n) is 6.21. The third kappa shape index (κ3) is 3.36. The van der Waals surface area contributed by atoms with Crippen molar-refractivity contribution < 1.29 is 4.42 Å². The van der Waals surface area contributed by atoms with E-state index >= 15 is 0 Å². The van der Waals surface area contributed by atoms with E-state index < -0.39 is 0 Å². The fourth-order valence-corrected chi connectivity index (χ4v) is 2.41. The van der Waals surface area contributed by atoms with Gasteiger partial charge in [-0.3, -0.25) is 4.90 Å². The van der Waals surface area contributed by atoms with Crippen LogP contribution in [-0.2, 0) is 6.54 Å². The van der Waals surface area contributed by atoms with Crippen LogP contribution in [0.15, 0.2) is 22.8 Å². The highest BCUT2D eigenvalue weighted by Gasteiger charge is 2.35. The Hall–Kier alpha value is -0.800. The summed E-state index contributed by atoms with van der Waals surface area (Å²) in [5.41, 5.74) is 0.268. The minimum absolute atomic E-state index is 0.268. The fraction of sp³-hybridized carbons (Fsp3) is 0.733. The highest BCUT2D eigenvalue weighted by atomic mass is 16.3. The van der Waals surface area contributed by atoms with Crippen molar-refractivity contribution in [2.45, 2.75) is 52.2 Å². The second kappa shape index (κ2) is 5.45. The largest absolute Gasteiger partial charge is 0.468 e. The third-order valence-corrected chi connectivity index (χ3v) is 4.22. The van der Waals surface area contributed by atoms with E-state index in [4.69, 9.17) is 4.42 Å². The minimum Gasteiger partial charge on any atom is -0.468 e. The Bertz CT molecular complexity index is 355. The highest BCUT2D eigenvalue weighted by molar-refractivity contribution is 5.00. The Labute approximate surface area is 111 Å². The number of hydrogen-bond acceptors (Lipinski definition) is 3. The number of nitrogens with one attached hydrogen (secondary N) is 1. The van der Waals surface area contributed by atoms with Crippen LogP contribution in [0.4, 0.5) is 0 Å². The molecule has 0 spiro atoms. The van der Waals surface area contributed by atoms with Crippen LogP contribution in [0.1, 0.15) is 39.4 Å². The molecular weight excluding hydrogens is 224 g/mol. The van der Waals surface area contributed by atoms with Gasteiger partial charge in [-0.05, 0) is 44.4 Å². The molecule has 1 aromatic rings. The van der Waals surface area contributed by atoms with E-state index in [1.807, 2.05) is 13.1 Å². The van der Waals surface area contributed by atoms with E-state index in [9.17, 15) is 0 Å². The zero-order valence-electron chi connectivity index (χ0n) is 12.1. The SMILES string of the molecule is CNC(C)C(C)(C)CN(Cc1ccco1)C1CC1. The number of furan rings is 1. The summed E-state index contributed by atoms with van der Waals surface area (Å²) in [7, 11) is 2.04. The summed E-state index contributed by atoms with van der Waals surface area (Å²) < 4.78 is 5.49. The first-order valence-electron chi connectivity index (χ1n) is 6.96. The first-order chi connectivity index (χ1) is 8.53. The first-order valence-corrected chi connectivity index (χ1v) is 6.96. The van der Waals surface area contributed by atoms with Crippen LogP contribution in [0.2, 0.25) is 0 Å². The molecule has 3 heteroatoms. The Morgan fingerprint density at radius 2 is 2.22 bits per heavy atom. The van der Waals surface area contributed by atoms with Crippen molar-refractivity contribution in [3.8, 4) is 0 Å². The molecule has 0 radical (unpaired) electrons. The number of hydrogen-bond donors (Lipinski definition) is 1. The van der Waals surface area contributed by atoms with E-state index in [0.29, 0.717) is 6.04 Å². The van der Waals surface area contributed by atoms with Crippen molar-refractivity contribution in [3.05, 3.63) is 24.2 Å². The van der Waals surface area contributed by atoms with Gasteiger partial charge in [0.05, 0.1) is 12.8 Å². The molecule has 0 saturated heterocycles. The van der Waals surface area contributed by atoms with Crippen LogP contribution in [-0.4, -0.2) is 30.6 Å². The maximum Gasteiger partial charge on any atom is 0.117 e. The highest BCUT2D eigenvalue weighted by Crippen LogP contribution is 2.32. The Morgan fingerprint density at radius 1 is 1.50 bits per heavy atom. The summed E-state index contributed by atoms with van der Waals surface area (Å²) in [6.07, 6.45) is 4.44. The van der Waals surface area contributed by atoms with Gasteiger partial charge in [0.1, 0.15) is 5.76 Å². The minimum atomic E-state index is 0.268. The quantitative estimate of drug-likeness (QED) is 0.806. The first kappa shape index (κ1) is 13.6. The predicted octanol–water partition coefficient (Wildman–Crippen LogP) is 2.88. The van der Waals surface area contributed by atoms with Crippen molar-refractivity contribution in [2.75, 3.05) is 13.6 Å². The standard InChI is InChI=1S/C15H26N2O/c1-12(16-4)15(2,3)11-17(13-7-8-13)10-14-6-5-9-18-14/h5-6,9,12-13,16H,7-8,10-11H2,1-4H3. The molecule has 3 nitrogen and oxygen atoms in total. The molecule has 18 heavy (non-hydrogen) atoms. The summed E-state index contributed by atoms with van der Waals surface area (Å²) in [6, 6.07) is 5.32. The van der Waals surface area contributed by atoms with Gasteiger partial charge in [0.15, 0.2) is 0 Å². The smallest absolute Gasteiger partial charge is 0.117 e. The maximum absolute atomic E-state index is 5.49. The summed E-state index contributed by atoms with van der Waals surface area (Å²) in [4.78, 5) is 2.58. The second-order valence-corrected chi connectivity index (χ2v) is 6.21. The molecule has 0 aliphatic heterocycles. The van der Waals surface area contributed by atoms with E-state index in [1.54, 1.807) is 6.26 Å². The molecule has 0 amide bonds. The average molecular weight is 250 g/mol. The number of nitrogens with zero attached hydrogens (tertiary/aromatic N) is 1. The van der Waals surface area contributed by atoms with E-state index in [0.717, 1.165) is 24.9 Å². The number of rotatable bonds is 7. The Morgan fingerprint density at radius 3 is 2.72 bits per heavy atom. The van der Waals surface area contributed by atoms with E-state index in [1.165, 1.54) is 12.8 Å². The molecule has 0 bridgehead atoms. The Balaban J connectivity index is 1.98. The van der Waals surface area contributed by atoms with Gasteiger partial charge in [-0.1, -0.05) is 13.8 Å². The van der Waals surface area contributed by atoms with Crippen LogP contribution < -0.4 is 5.32 Å². The molecule has 1 N–H and O–H groups in total. The van der Waals surface area contributed by atoms with Gasteiger partial charge in [0.2, 0.25) is 0 Å². The summed E-state index contributed by atoms with van der Waals surface area (Å²) >= 11 is 0. The molecule has 1 atom stereocenters. The van der Waals surface area contributed by atoms with Crippen LogP contribution in [0.5, 0.6) is 0 Å². The van der Waals surface area contributed by atoms with E-state index in [-0.39, 0.29) is 5.41 Å². The van der Waals surface area contributed by atoms with Gasteiger partial charge in [-0.15, -0.1) is 0 Å². The van der Waals surface area contributed by atoms with Crippen molar-refractivity contribution in [2.24, 2.45) is 5.41 Å². The summed E-state index contributed by atoms with van der Waals surface area (Å²) in [6.45, 7) is 8.99.